The van der Waals surface area contributed by atoms with Crippen molar-refractivity contribution in [1.82, 2.24) is 10.9 Å². The molecule has 0 saturated carbocycles. The summed E-state index contributed by atoms with van der Waals surface area (Å²) in [7, 11) is 0. The van der Waals surface area contributed by atoms with Gasteiger partial charge in [0.25, 0.3) is 11.8 Å². The van der Waals surface area contributed by atoms with Gasteiger partial charge in [-0.25, -0.2) is 0 Å². The zero-order valence-corrected chi connectivity index (χ0v) is 16.8. The van der Waals surface area contributed by atoms with Gasteiger partial charge in [-0.2, -0.15) is 0 Å². The third-order valence-electron chi connectivity index (χ3n) is 4.06. The van der Waals surface area contributed by atoms with Crippen molar-refractivity contribution in [1.29, 1.82) is 0 Å². The number of nitrogens with one attached hydrogen (secondary N) is 2. The molecule has 2 rings (SSSR count). The van der Waals surface area contributed by atoms with Gasteiger partial charge in [-0.05, 0) is 50.2 Å². The zero-order valence-electron chi connectivity index (χ0n) is 16.8. The van der Waals surface area contributed by atoms with Crippen molar-refractivity contribution in [2.75, 3.05) is 6.61 Å². The van der Waals surface area contributed by atoms with E-state index in [9.17, 15) is 19.2 Å². The molecule has 0 spiro atoms. The van der Waals surface area contributed by atoms with E-state index in [-0.39, 0.29) is 18.6 Å². The first-order valence-corrected chi connectivity index (χ1v) is 9.51. The van der Waals surface area contributed by atoms with Crippen LogP contribution in [0.25, 0.3) is 0 Å². The lowest BCUT2D eigenvalue weighted by molar-refractivity contribution is -0.155. The summed E-state index contributed by atoms with van der Waals surface area (Å²) >= 11 is 0. The molecule has 2 N–H and O–H groups in total. The maximum absolute atomic E-state index is 12.2. The molecule has 2 amide bonds. The normalized spacial score (nSPS) is 11.1. The fraction of sp³-hybridized carbons (Fsp3) is 0.273. The summed E-state index contributed by atoms with van der Waals surface area (Å²) in [5.41, 5.74) is 5.27. The minimum absolute atomic E-state index is 0.0497. The van der Waals surface area contributed by atoms with Crippen molar-refractivity contribution in [3.05, 3.63) is 65.7 Å². The fourth-order valence-corrected chi connectivity index (χ4v) is 2.45. The summed E-state index contributed by atoms with van der Waals surface area (Å²) in [5, 5.41) is 0. The van der Waals surface area contributed by atoms with Crippen molar-refractivity contribution in [3.63, 3.8) is 0 Å². The summed E-state index contributed by atoms with van der Waals surface area (Å²) in [6.07, 6.45) is -1.35. The Morgan fingerprint density at radius 1 is 0.867 bits per heavy atom. The van der Waals surface area contributed by atoms with E-state index in [1.807, 2.05) is 6.92 Å². The van der Waals surface area contributed by atoms with Gasteiger partial charge in [-0.15, -0.1) is 0 Å². The number of amides is 2. The van der Waals surface area contributed by atoms with Gasteiger partial charge in [0.2, 0.25) is 0 Å². The van der Waals surface area contributed by atoms with E-state index in [0.29, 0.717) is 23.5 Å². The Kier molecular flexibility index (Phi) is 8.56. The monoisotopic (exact) mass is 412 g/mol. The topological polar surface area (TPSA) is 111 Å². The number of hydrogen-bond donors (Lipinski definition) is 2. The summed E-state index contributed by atoms with van der Waals surface area (Å²) < 4.78 is 10.3. The Morgan fingerprint density at radius 3 is 2.17 bits per heavy atom. The lowest BCUT2D eigenvalue weighted by Crippen LogP contribution is -2.46. The van der Waals surface area contributed by atoms with Gasteiger partial charge in [0.1, 0.15) is 5.75 Å². The van der Waals surface area contributed by atoms with Crippen LogP contribution < -0.4 is 15.6 Å². The van der Waals surface area contributed by atoms with Gasteiger partial charge in [0, 0.05) is 17.5 Å². The number of rotatable bonds is 9. The molecule has 0 aliphatic rings. The molecule has 0 saturated heterocycles. The minimum Gasteiger partial charge on any atom is -0.494 e. The molecule has 8 nitrogen and oxygen atoms in total. The van der Waals surface area contributed by atoms with Crippen LogP contribution in [0.2, 0.25) is 0 Å². The molecular weight excluding hydrogens is 388 g/mol. The van der Waals surface area contributed by atoms with E-state index in [1.54, 1.807) is 54.6 Å². The molecule has 0 fully saturated rings. The Bertz CT molecular complexity index is 880. The van der Waals surface area contributed by atoms with Gasteiger partial charge in [-0.3, -0.25) is 30.0 Å². The predicted molar refractivity (Wildman–Crippen MR) is 109 cm³/mol. The Morgan fingerprint density at radius 2 is 1.53 bits per heavy atom. The molecule has 0 unspecified atom stereocenters. The summed E-state index contributed by atoms with van der Waals surface area (Å²) in [6, 6.07) is 15.0. The van der Waals surface area contributed by atoms with Gasteiger partial charge >= 0.3 is 5.97 Å². The van der Waals surface area contributed by atoms with E-state index in [4.69, 9.17) is 9.47 Å². The third kappa shape index (κ3) is 7.05. The molecule has 0 aliphatic carbocycles. The number of benzene rings is 2. The van der Waals surface area contributed by atoms with Crippen molar-refractivity contribution in [3.8, 4) is 5.75 Å². The van der Waals surface area contributed by atoms with E-state index in [2.05, 4.69) is 10.9 Å². The van der Waals surface area contributed by atoms with E-state index < -0.39 is 23.9 Å². The second kappa shape index (κ2) is 11.4. The summed E-state index contributed by atoms with van der Waals surface area (Å²) in [5.74, 6) is -1.44. The van der Waals surface area contributed by atoms with E-state index in [1.165, 1.54) is 6.92 Å². The first-order chi connectivity index (χ1) is 14.4. The van der Waals surface area contributed by atoms with Crippen molar-refractivity contribution >= 4 is 23.6 Å². The minimum atomic E-state index is -1.13. The van der Waals surface area contributed by atoms with Crippen LogP contribution in [0.5, 0.6) is 5.75 Å². The summed E-state index contributed by atoms with van der Waals surface area (Å²) in [4.78, 5) is 48.0. The van der Waals surface area contributed by atoms with Crippen LogP contribution in [-0.4, -0.2) is 36.3 Å². The molecular formula is C22H24N2O6. The Labute approximate surface area is 174 Å². The number of carbonyl (C=O) groups is 4. The standard InChI is InChI=1S/C22H24N2O6/c1-3-29-18-11-9-16(10-12-18)19(25)13-14-20(26)30-15(2)21(27)23-24-22(28)17-7-5-4-6-8-17/h4-12,15H,3,13-14H2,1-2H3,(H,23,27)(H,24,28)/t15-/m1/s1. The molecule has 8 heteroatoms. The average molecular weight is 412 g/mol. The molecule has 0 radical (unpaired) electrons. The number of Topliss-reactive ketones (excluding diaryl/α,β-unsaturated/α-hetero) is 1. The van der Waals surface area contributed by atoms with Crippen molar-refractivity contribution in [2.45, 2.75) is 32.8 Å². The van der Waals surface area contributed by atoms with Crippen LogP contribution in [0.3, 0.4) is 0 Å². The second-order valence-corrected chi connectivity index (χ2v) is 6.32. The molecule has 30 heavy (non-hydrogen) atoms. The van der Waals surface area contributed by atoms with Gasteiger partial charge in [0.05, 0.1) is 13.0 Å². The number of hydrazine groups is 1. The lowest BCUT2D eigenvalue weighted by atomic mass is 10.1. The molecule has 2 aromatic rings. The Balaban J connectivity index is 1.73. The van der Waals surface area contributed by atoms with Gasteiger partial charge in [-0.1, -0.05) is 18.2 Å². The molecule has 1 atom stereocenters. The van der Waals surface area contributed by atoms with Crippen LogP contribution >= 0.6 is 0 Å². The molecule has 0 aliphatic heterocycles. The number of hydrogen-bond acceptors (Lipinski definition) is 6. The number of esters is 1. The largest absolute Gasteiger partial charge is 0.494 e. The van der Waals surface area contributed by atoms with Crippen LogP contribution in [0.15, 0.2) is 54.6 Å². The maximum Gasteiger partial charge on any atom is 0.307 e. The SMILES string of the molecule is CCOc1ccc(C(=O)CCC(=O)O[C@H](C)C(=O)NNC(=O)c2ccccc2)cc1. The number of ketones is 1. The molecule has 158 valence electrons. The van der Waals surface area contributed by atoms with Crippen molar-refractivity contribution < 1.29 is 28.7 Å². The molecule has 0 bridgehead atoms. The van der Waals surface area contributed by atoms with Crippen LogP contribution in [0.4, 0.5) is 0 Å². The van der Waals surface area contributed by atoms with E-state index >= 15 is 0 Å². The maximum atomic E-state index is 12.2. The molecule has 2 aromatic carbocycles. The Hall–Kier alpha value is -3.68. The van der Waals surface area contributed by atoms with Crippen LogP contribution in [0, 0.1) is 0 Å². The first kappa shape index (κ1) is 22.6. The summed E-state index contributed by atoms with van der Waals surface area (Å²) in [6.45, 7) is 3.76. The number of carbonyl (C=O) groups excluding carboxylic acids is 4. The quantitative estimate of drug-likeness (QED) is 0.372. The average Bonchev–Trinajstić information content (AvgIpc) is 2.76. The smallest absolute Gasteiger partial charge is 0.307 e. The highest BCUT2D eigenvalue weighted by molar-refractivity contribution is 5.98. The lowest BCUT2D eigenvalue weighted by Gasteiger charge is -2.14. The number of ether oxygens (including phenoxy) is 2. The highest BCUT2D eigenvalue weighted by Crippen LogP contribution is 2.14. The second-order valence-electron chi connectivity index (χ2n) is 6.32. The zero-order chi connectivity index (χ0) is 21.9. The molecule has 0 heterocycles. The van der Waals surface area contributed by atoms with Gasteiger partial charge in [0.15, 0.2) is 11.9 Å². The van der Waals surface area contributed by atoms with Crippen LogP contribution in [-0.2, 0) is 14.3 Å². The van der Waals surface area contributed by atoms with E-state index in [0.717, 1.165) is 0 Å². The van der Waals surface area contributed by atoms with Crippen LogP contribution in [0.1, 0.15) is 47.4 Å². The predicted octanol–water partition coefficient (Wildman–Crippen LogP) is 2.44. The fourth-order valence-electron chi connectivity index (χ4n) is 2.45. The van der Waals surface area contributed by atoms with Crippen molar-refractivity contribution in [2.24, 2.45) is 0 Å². The third-order valence-corrected chi connectivity index (χ3v) is 4.06. The highest BCUT2D eigenvalue weighted by Gasteiger charge is 2.19. The highest BCUT2D eigenvalue weighted by atomic mass is 16.5. The molecule has 0 aromatic heterocycles. The van der Waals surface area contributed by atoms with Gasteiger partial charge < -0.3 is 9.47 Å². The first-order valence-electron chi connectivity index (χ1n) is 9.51.